The minimum atomic E-state index is 0. The zero-order valence-electron chi connectivity index (χ0n) is 14.1. The van der Waals surface area contributed by atoms with E-state index in [1.807, 2.05) is 18.2 Å². The lowest BCUT2D eigenvalue weighted by Gasteiger charge is -2.12. The molecule has 0 fully saturated rings. The van der Waals surface area contributed by atoms with Crippen molar-refractivity contribution < 1.29 is 9.47 Å². The molecule has 1 aliphatic rings. The minimum absolute atomic E-state index is 0. The van der Waals surface area contributed by atoms with Crippen molar-refractivity contribution in [2.45, 2.75) is 13.0 Å². The van der Waals surface area contributed by atoms with Crippen LogP contribution in [0.2, 0.25) is 10.2 Å². The SMILES string of the molecule is CN=C(NCCc1ccc(Cl)nc1)NCc1cc(Cl)c2c(c1)OCO2.I. The third kappa shape index (κ3) is 5.52. The molecule has 0 radical (unpaired) electrons. The van der Waals surface area contributed by atoms with Gasteiger partial charge in [0.05, 0.1) is 5.02 Å². The fourth-order valence-corrected chi connectivity index (χ4v) is 2.81. The van der Waals surface area contributed by atoms with E-state index in [1.165, 1.54) is 0 Å². The summed E-state index contributed by atoms with van der Waals surface area (Å²) in [5, 5.41) is 7.55. The lowest BCUT2D eigenvalue weighted by molar-refractivity contribution is 0.174. The molecule has 2 heterocycles. The Morgan fingerprint density at radius 2 is 2.04 bits per heavy atom. The van der Waals surface area contributed by atoms with Crippen LogP contribution in [0.5, 0.6) is 11.5 Å². The predicted octanol–water partition coefficient (Wildman–Crippen LogP) is 3.64. The maximum Gasteiger partial charge on any atom is 0.231 e. The van der Waals surface area contributed by atoms with E-state index in [2.05, 4.69) is 20.6 Å². The Hall–Kier alpha value is -1.45. The molecule has 6 nitrogen and oxygen atoms in total. The maximum atomic E-state index is 6.19. The first-order valence-electron chi connectivity index (χ1n) is 7.78. The number of hydrogen-bond acceptors (Lipinski definition) is 4. The van der Waals surface area contributed by atoms with E-state index in [4.69, 9.17) is 32.7 Å². The molecule has 0 aliphatic carbocycles. The van der Waals surface area contributed by atoms with Crippen molar-refractivity contribution in [3.63, 3.8) is 0 Å². The number of nitrogens with zero attached hydrogens (tertiary/aromatic N) is 2. The number of aromatic nitrogens is 1. The molecule has 0 saturated carbocycles. The zero-order chi connectivity index (χ0) is 17.6. The lowest BCUT2D eigenvalue weighted by Crippen LogP contribution is -2.37. The van der Waals surface area contributed by atoms with Gasteiger partial charge in [-0.15, -0.1) is 24.0 Å². The molecule has 26 heavy (non-hydrogen) atoms. The summed E-state index contributed by atoms with van der Waals surface area (Å²) in [6.45, 7) is 1.50. The minimum Gasteiger partial charge on any atom is -0.454 e. The summed E-state index contributed by atoms with van der Waals surface area (Å²) in [5.41, 5.74) is 2.09. The van der Waals surface area contributed by atoms with Gasteiger partial charge in [0.2, 0.25) is 6.79 Å². The smallest absolute Gasteiger partial charge is 0.231 e. The molecule has 0 atom stereocenters. The summed E-state index contributed by atoms with van der Waals surface area (Å²) in [5.74, 6) is 1.97. The normalized spacial score (nSPS) is 12.5. The quantitative estimate of drug-likeness (QED) is 0.279. The average Bonchev–Trinajstić information content (AvgIpc) is 3.09. The van der Waals surface area contributed by atoms with Gasteiger partial charge in [-0.05, 0) is 35.7 Å². The van der Waals surface area contributed by atoms with E-state index >= 15 is 0 Å². The zero-order valence-corrected chi connectivity index (χ0v) is 17.9. The highest BCUT2D eigenvalue weighted by Gasteiger charge is 2.18. The van der Waals surface area contributed by atoms with E-state index in [-0.39, 0.29) is 30.8 Å². The molecular formula is C17H19Cl2IN4O2. The Kier molecular flexibility index (Phi) is 8.05. The van der Waals surface area contributed by atoms with E-state index in [9.17, 15) is 0 Å². The number of rotatable bonds is 5. The molecule has 2 aromatic rings. The van der Waals surface area contributed by atoms with Crippen LogP contribution in [0.3, 0.4) is 0 Å². The van der Waals surface area contributed by atoms with Crippen molar-refractivity contribution in [1.29, 1.82) is 0 Å². The Balaban J connectivity index is 0.00000243. The first kappa shape index (κ1) is 20.9. The fourth-order valence-electron chi connectivity index (χ4n) is 2.41. The van der Waals surface area contributed by atoms with Crippen molar-refractivity contribution in [1.82, 2.24) is 15.6 Å². The van der Waals surface area contributed by atoms with Crippen LogP contribution in [0.25, 0.3) is 0 Å². The van der Waals surface area contributed by atoms with Gasteiger partial charge in [0.25, 0.3) is 0 Å². The number of ether oxygens (including phenoxy) is 2. The molecule has 0 bridgehead atoms. The predicted molar refractivity (Wildman–Crippen MR) is 114 cm³/mol. The molecule has 0 spiro atoms. The van der Waals surface area contributed by atoms with E-state index in [0.717, 1.165) is 24.1 Å². The van der Waals surface area contributed by atoms with Gasteiger partial charge < -0.3 is 20.1 Å². The second kappa shape index (κ2) is 10.0. The standard InChI is InChI=1S/C17H18Cl2N4O2.HI/c1-20-17(21-5-4-11-2-3-15(19)22-8-11)23-9-12-6-13(18)16-14(7-12)24-10-25-16;/h2-3,6-8H,4-5,9-10H2,1H3,(H2,20,21,23);1H. The number of pyridine rings is 1. The van der Waals surface area contributed by atoms with E-state index < -0.39 is 0 Å². The summed E-state index contributed by atoms with van der Waals surface area (Å²) in [7, 11) is 1.73. The van der Waals surface area contributed by atoms with Gasteiger partial charge in [-0.3, -0.25) is 4.99 Å². The Morgan fingerprint density at radius 3 is 2.77 bits per heavy atom. The van der Waals surface area contributed by atoms with Crippen LogP contribution in [-0.2, 0) is 13.0 Å². The maximum absolute atomic E-state index is 6.19. The molecule has 140 valence electrons. The summed E-state index contributed by atoms with van der Waals surface area (Å²) >= 11 is 12.0. The molecule has 2 N–H and O–H groups in total. The monoisotopic (exact) mass is 508 g/mol. The highest BCUT2D eigenvalue weighted by molar-refractivity contribution is 14.0. The Labute approximate surface area is 179 Å². The summed E-state index contributed by atoms with van der Waals surface area (Å²) in [6.07, 6.45) is 2.59. The number of fused-ring (bicyclic) bond motifs is 1. The Morgan fingerprint density at radius 1 is 1.19 bits per heavy atom. The van der Waals surface area contributed by atoms with Gasteiger partial charge in [0, 0.05) is 26.3 Å². The third-order valence-corrected chi connectivity index (χ3v) is 4.17. The van der Waals surface area contributed by atoms with Gasteiger partial charge in [0.15, 0.2) is 17.5 Å². The summed E-state index contributed by atoms with van der Waals surface area (Å²) in [4.78, 5) is 8.28. The van der Waals surface area contributed by atoms with Crippen molar-refractivity contribution in [2.24, 2.45) is 4.99 Å². The third-order valence-electron chi connectivity index (χ3n) is 3.67. The van der Waals surface area contributed by atoms with E-state index in [1.54, 1.807) is 19.3 Å². The van der Waals surface area contributed by atoms with Gasteiger partial charge in [-0.1, -0.05) is 29.3 Å². The molecule has 1 aromatic heterocycles. The number of hydrogen-bond donors (Lipinski definition) is 2. The largest absolute Gasteiger partial charge is 0.454 e. The molecule has 0 unspecified atom stereocenters. The molecule has 3 rings (SSSR count). The van der Waals surface area contributed by atoms with Gasteiger partial charge >= 0.3 is 0 Å². The van der Waals surface area contributed by atoms with E-state index in [0.29, 0.717) is 34.2 Å². The Bertz CT molecular complexity index is 772. The second-order valence-electron chi connectivity index (χ2n) is 5.40. The number of aliphatic imine (C=N–C) groups is 1. The summed E-state index contributed by atoms with van der Waals surface area (Å²) < 4.78 is 10.7. The van der Waals surface area contributed by atoms with Crippen LogP contribution >= 0.6 is 47.2 Å². The molecule has 1 aliphatic heterocycles. The molecule has 0 saturated heterocycles. The first-order valence-corrected chi connectivity index (χ1v) is 8.54. The fraction of sp³-hybridized carbons (Fsp3) is 0.294. The number of benzene rings is 1. The molecule has 1 aromatic carbocycles. The average molecular weight is 509 g/mol. The molecule has 0 amide bonds. The number of halogens is 3. The lowest BCUT2D eigenvalue weighted by atomic mass is 10.2. The van der Waals surface area contributed by atoms with Crippen LogP contribution < -0.4 is 20.1 Å². The van der Waals surface area contributed by atoms with Crippen LogP contribution in [0, 0.1) is 0 Å². The highest BCUT2D eigenvalue weighted by Crippen LogP contribution is 2.39. The van der Waals surface area contributed by atoms with Gasteiger partial charge in [-0.25, -0.2) is 4.98 Å². The van der Waals surface area contributed by atoms with Crippen molar-refractivity contribution >= 4 is 53.1 Å². The van der Waals surface area contributed by atoms with Crippen LogP contribution in [-0.4, -0.2) is 31.3 Å². The summed E-state index contributed by atoms with van der Waals surface area (Å²) in [6, 6.07) is 7.51. The second-order valence-corrected chi connectivity index (χ2v) is 6.20. The molecule has 9 heteroatoms. The number of guanidine groups is 1. The highest BCUT2D eigenvalue weighted by atomic mass is 127. The van der Waals surface area contributed by atoms with Crippen LogP contribution in [0.15, 0.2) is 35.5 Å². The topological polar surface area (TPSA) is 67.8 Å². The van der Waals surface area contributed by atoms with Crippen molar-refractivity contribution in [3.05, 3.63) is 51.8 Å². The molecular weight excluding hydrogens is 490 g/mol. The van der Waals surface area contributed by atoms with Crippen LogP contribution in [0.1, 0.15) is 11.1 Å². The van der Waals surface area contributed by atoms with Crippen molar-refractivity contribution in [2.75, 3.05) is 20.4 Å². The first-order chi connectivity index (χ1) is 12.2. The number of nitrogens with one attached hydrogen (secondary N) is 2. The van der Waals surface area contributed by atoms with Gasteiger partial charge in [0.1, 0.15) is 5.15 Å². The van der Waals surface area contributed by atoms with Gasteiger partial charge in [-0.2, -0.15) is 0 Å². The van der Waals surface area contributed by atoms with Crippen molar-refractivity contribution in [3.8, 4) is 11.5 Å². The van der Waals surface area contributed by atoms with Crippen LogP contribution in [0.4, 0.5) is 0 Å².